The fourth-order valence-corrected chi connectivity index (χ4v) is 2.20. The predicted molar refractivity (Wildman–Crippen MR) is 64.3 cm³/mol. The molecule has 0 saturated heterocycles. The van der Waals surface area contributed by atoms with Crippen molar-refractivity contribution in [2.45, 2.75) is 4.90 Å². The summed E-state index contributed by atoms with van der Waals surface area (Å²) < 4.78 is 41.3. The average Bonchev–Trinajstić information content (AvgIpc) is 2.27. The van der Waals surface area contributed by atoms with Crippen LogP contribution in [0, 0.1) is 5.82 Å². The van der Waals surface area contributed by atoms with Crippen molar-refractivity contribution in [3.05, 3.63) is 23.5 Å². The Morgan fingerprint density at radius 1 is 1.44 bits per heavy atom. The molecular formula is C11H14FNO4S. The fraction of sp³-hybridized carbons (Fsp3) is 0.364. The van der Waals surface area contributed by atoms with E-state index in [1.807, 2.05) is 0 Å². The van der Waals surface area contributed by atoms with Crippen molar-refractivity contribution in [3.8, 4) is 5.75 Å². The molecule has 0 saturated carbocycles. The smallest absolute Gasteiger partial charge is 0.180 e. The molecule has 0 atom stereocenters. The molecule has 0 aliphatic rings. The third-order valence-electron chi connectivity index (χ3n) is 2.29. The number of hydrogen-bond donors (Lipinski definition) is 1. The van der Waals surface area contributed by atoms with Gasteiger partial charge in [-0.1, -0.05) is 0 Å². The van der Waals surface area contributed by atoms with Gasteiger partial charge in [-0.25, -0.2) is 12.8 Å². The van der Waals surface area contributed by atoms with E-state index in [4.69, 9.17) is 4.74 Å². The quantitative estimate of drug-likeness (QED) is 0.798. The van der Waals surface area contributed by atoms with E-state index in [0.29, 0.717) is 0 Å². The van der Waals surface area contributed by atoms with Crippen LogP contribution in [0.5, 0.6) is 5.75 Å². The lowest BCUT2D eigenvalue weighted by atomic mass is 10.1. The van der Waals surface area contributed by atoms with Gasteiger partial charge in [-0.15, -0.1) is 0 Å². The van der Waals surface area contributed by atoms with Crippen LogP contribution in [0.15, 0.2) is 17.0 Å². The fourth-order valence-electron chi connectivity index (χ4n) is 1.46. The van der Waals surface area contributed by atoms with Gasteiger partial charge in [0.05, 0.1) is 19.2 Å². The van der Waals surface area contributed by atoms with Crippen LogP contribution in [0.3, 0.4) is 0 Å². The zero-order valence-electron chi connectivity index (χ0n) is 10.3. The van der Waals surface area contributed by atoms with Crippen LogP contribution in [0.2, 0.25) is 0 Å². The summed E-state index contributed by atoms with van der Waals surface area (Å²) in [6.45, 7) is 0.00796. The molecule has 1 aromatic rings. The SMILES string of the molecule is CNCC(=O)c1cc(F)c(S(C)(=O)=O)cc1OC. The van der Waals surface area contributed by atoms with E-state index in [2.05, 4.69) is 5.32 Å². The third-order valence-corrected chi connectivity index (χ3v) is 3.40. The molecule has 0 heterocycles. The summed E-state index contributed by atoms with van der Waals surface area (Å²) in [6.07, 6.45) is 0.889. The lowest BCUT2D eigenvalue weighted by molar-refractivity contribution is 0.0990. The molecule has 0 spiro atoms. The van der Waals surface area contributed by atoms with Gasteiger partial charge in [0.15, 0.2) is 15.6 Å². The number of benzene rings is 1. The minimum absolute atomic E-state index is 0.00796. The Balaban J connectivity index is 3.41. The summed E-state index contributed by atoms with van der Waals surface area (Å²) in [5, 5.41) is 2.64. The standard InChI is InChI=1S/C11H14FNO4S/c1-13-6-9(14)7-4-8(12)11(18(3,15)16)5-10(7)17-2/h4-5,13H,6H2,1-3H3. The van der Waals surface area contributed by atoms with Crippen LogP contribution in [-0.2, 0) is 9.84 Å². The number of hydrogen-bond acceptors (Lipinski definition) is 5. The Morgan fingerprint density at radius 3 is 2.50 bits per heavy atom. The van der Waals surface area contributed by atoms with Gasteiger partial charge >= 0.3 is 0 Å². The summed E-state index contributed by atoms with van der Waals surface area (Å²) in [5.74, 6) is -1.30. The molecule has 0 bridgehead atoms. The predicted octanol–water partition coefficient (Wildman–Crippen LogP) is 0.640. The number of likely N-dealkylation sites (N-methyl/N-ethyl adjacent to an activating group) is 1. The zero-order chi connectivity index (χ0) is 13.9. The van der Waals surface area contributed by atoms with Crippen molar-refractivity contribution >= 4 is 15.6 Å². The monoisotopic (exact) mass is 275 g/mol. The number of ketones is 1. The normalized spacial score (nSPS) is 11.3. The highest BCUT2D eigenvalue weighted by Crippen LogP contribution is 2.26. The second-order valence-electron chi connectivity index (χ2n) is 3.71. The first kappa shape index (κ1) is 14.6. The summed E-state index contributed by atoms with van der Waals surface area (Å²) in [7, 11) is -0.841. The van der Waals surface area contributed by atoms with Crippen molar-refractivity contribution < 1.29 is 22.3 Å². The Morgan fingerprint density at radius 2 is 2.06 bits per heavy atom. The summed E-state index contributed by atoms with van der Waals surface area (Å²) >= 11 is 0. The van der Waals surface area contributed by atoms with Crippen molar-refractivity contribution in [1.29, 1.82) is 0 Å². The van der Waals surface area contributed by atoms with E-state index < -0.39 is 20.5 Å². The molecule has 0 aromatic heterocycles. The average molecular weight is 275 g/mol. The first-order chi connectivity index (χ1) is 8.31. The van der Waals surface area contributed by atoms with Gasteiger partial charge < -0.3 is 10.1 Å². The Hall–Kier alpha value is -1.47. The van der Waals surface area contributed by atoms with Crippen LogP contribution in [0.1, 0.15) is 10.4 Å². The maximum Gasteiger partial charge on any atom is 0.180 e. The lowest BCUT2D eigenvalue weighted by Gasteiger charge is -2.10. The van der Waals surface area contributed by atoms with Gasteiger partial charge in [0.25, 0.3) is 0 Å². The first-order valence-electron chi connectivity index (χ1n) is 5.06. The van der Waals surface area contributed by atoms with Crippen molar-refractivity contribution in [2.75, 3.05) is 27.0 Å². The van der Waals surface area contributed by atoms with E-state index in [0.717, 1.165) is 18.4 Å². The first-order valence-corrected chi connectivity index (χ1v) is 6.95. The highest BCUT2D eigenvalue weighted by molar-refractivity contribution is 7.90. The van der Waals surface area contributed by atoms with E-state index >= 15 is 0 Å². The number of nitrogens with one attached hydrogen (secondary N) is 1. The Bertz CT molecular complexity index is 569. The van der Waals surface area contributed by atoms with Crippen LogP contribution >= 0.6 is 0 Å². The summed E-state index contributed by atoms with van der Waals surface area (Å²) in [6, 6.07) is 1.91. The molecule has 0 unspecified atom stereocenters. The summed E-state index contributed by atoms with van der Waals surface area (Å²) in [5.41, 5.74) is 0.0109. The van der Waals surface area contributed by atoms with Crippen molar-refractivity contribution in [2.24, 2.45) is 0 Å². The second kappa shape index (κ2) is 5.45. The molecular weight excluding hydrogens is 261 g/mol. The molecule has 7 heteroatoms. The van der Waals surface area contributed by atoms with Gasteiger partial charge in [-0.05, 0) is 13.1 Å². The number of rotatable bonds is 5. The van der Waals surface area contributed by atoms with Gasteiger partial charge in [0.2, 0.25) is 0 Å². The third kappa shape index (κ3) is 3.05. The van der Waals surface area contributed by atoms with Gasteiger partial charge in [0.1, 0.15) is 16.5 Å². The maximum absolute atomic E-state index is 13.7. The number of sulfone groups is 1. The highest BCUT2D eigenvalue weighted by atomic mass is 32.2. The molecule has 100 valence electrons. The van der Waals surface area contributed by atoms with E-state index in [1.54, 1.807) is 7.05 Å². The number of ether oxygens (including phenoxy) is 1. The van der Waals surface area contributed by atoms with Gasteiger partial charge in [-0.2, -0.15) is 0 Å². The molecule has 0 aliphatic heterocycles. The molecule has 1 aromatic carbocycles. The van der Waals surface area contributed by atoms with Gasteiger partial charge in [0, 0.05) is 12.3 Å². The second-order valence-corrected chi connectivity index (χ2v) is 5.69. The van der Waals surface area contributed by atoms with Crippen LogP contribution in [-0.4, -0.2) is 41.2 Å². The summed E-state index contributed by atoms with van der Waals surface area (Å²) in [4.78, 5) is 11.2. The molecule has 0 fully saturated rings. The van der Waals surface area contributed by atoms with E-state index in [-0.39, 0.29) is 23.6 Å². The molecule has 18 heavy (non-hydrogen) atoms. The number of carbonyl (C=O) groups excluding carboxylic acids is 1. The van der Waals surface area contributed by atoms with Crippen molar-refractivity contribution in [3.63, 3.8) is 0 Å². The molecule has 1 N–H and O–H groups in total. The molecule has 1 rings (SSSR count). The van der Waals surface area contributed by atoms with Crippen LogP contribution in [0.4, 0.5) is 4.39 Å². The van der Waals surface area contributed by atoms with Gasteiger partial charge in [-0.3, -0.25) is 4.79 Å². The minimum Gasteiger partial charge on any atom is -0.496 e. The minimum atomic E-state index is -3.70. The molecule has 0 amide bonds. The zero-order valence-corrected chi connectivity index (χ0v) is 11.1. The Labute approximate surface area is 105 Å². The van der Waals surface area contributed by atoms with E-state index in [9.17, 15) is 17.6 Å². The van der Waals surface area contributed by atoms with Crippen molar-refractivity contribution in [1.82, 2.24) is 5.32 Å². The van der Waals surface area contributed by atoms with Crippen LogP contribution in [0.25, 0.3) is 0 Å². The van der Waals surface area contributed by atoms with Crippen LogP contribution < -0.4 is 10.1 Å². The Kier molecular flexibility index (Phi) is 4.42. The number of Topliss-reactive ketones (excluding diaryl/α,β-unsaturated/α-hetero) is 1. The number of halogens is 1. The number of carbonyl (C=O) groups is 1. The lowest BCUT2D eigenvalue weighted by Crippen LogP contribution is -2.19. The topological polar surface area (TPSA) is 72.5 Å². The number of methoxy groups -OCH3 is 1. The molecule has 0 aliphatic carbocycles. The maximum atomic E-state index is 13.7. The highest BCUT2D eigenvalue weighted by Gasteiger charge is 2.20. The largest absolute Gasteiger partial charge is 0.496 e. The van der Waals surface area contributed by atoms with E-state index in [1.165, 1.54) is 7.11 Å². The molecule has 0 radical (unpaired) electrons. The molecule has 5 nitrogen and oxygen atoms in total.